The fourth-order valence-corrected chi connectivity index (χ4v) is 1.14. The molecule has 0 fully saturated rings. The Hall–Kier alpha value is -1.71. The minimum absolute atomic E-state index is 0.373. The molecule has 0 aliphatic heterocycles. The van der Waals surface area contributed by atoms with Gasteiger partial charge in [-0.3, -0.25) is 0 Å². The number of benzene rings is 1. The maximum absolute atomic E-state index is 11.5. The van der Waals surface area contributed by atoms with Crippen LogP contribution >= 0.6 is 0 Å². The zero-order chi connectivity index (χ0) is 11.3. The summed E-state index contributed by atoms with van der Waals surface area (Å²) in [5.74, 6) is 0.181. The smallest absolute Gasteiger partial charge is 0.338 e. The first-order chi connectivity index (χ1) is 7.17. The third-order valence-corrected chi connectivity index (χ3v) is 1.84. The minimum Gasteiger partial charge on any atom is -0.497 e. The van der Waals surface area contributed by atoms with Crippen molar-refractivity contribution >= 4 is 11.7 Å². The van der Waals surface area contributed by atoms with Crippen molar-refractivity contribution < 1.29 is 14.3 Å². The number of carbonyl (C=O) groups excluding carboxylic acids is 1. The number of rotatable bonds is 4. The summed E-state index contributed by atoms with van der Waals surface area (Å²) in [7, 11) is 1.52. The lowest BCUT2D eigenvalue weighted by Gasteiger charge is -2.06. The van der Waals surface area contributed by atoms with Crippen LogP contribution in [0.25, 0.3) is 0 Å². The van der Waals surface area contributed by atoms with Crippen LogP contribution in [0.4, 0.5) is 5.69 Å². The van der Waals surface area contributed by atoms with Crippen molar-refractivity contribution in [3.63, 3.8) is 0 Å². The molecule has 1 aromatic carbocycles. The standard InChI is InChI=1S/C11H15NO3/c1-3-4-15-11(13)8-5-9(12)7-10(6-8)14-2/h5-7H,3-4,12H2,1-2H3. The molecule has 0 spiro atoms. The molecule has 0 amide bonds. The Bertz CT molecular complexity index is 350. The molecule has 0 saturated heterocycles. The first kappa shape index (κ1) is 11.4. The normalized spacial score (nSPS) is 9.73. The van der Waals surface area contributed by atoms with E-state index in [1.54, 1.807) is 18.2 Å². The molecule has 2 N–H and O–H groups in total. The molecule has 0 saturated carbocycles. The van der Waals surface area contributed by atoms with Crippen molar-refractivity contribution in [3.05, 3.63) is 23.8 Å². The zero-order valence-electron chi connectivity index (χ0n) is 8.95. The second kappa shape index (κ2) is 5.24. The van der Waals surface area contributed by atoms with Crippen LogP contribution in [0.5, 0.6) is 5.75 Å². The quantitative estimate of drug-likeness (QED) is 0.607. The van der Waals surface area contributed by atoms with Crippen molar-refractivity contribution in [3.8, 4) is 5.75 Å². The Labute approximate surface area is 89.0 Å². The van der Waals surface area contributed by atoms with E-state index in [9.17, 15) is 4.79 Å². The minimum atomic E-state index is -0.373. The molecular weight excluding hydrogens is 194 g/mol. The number of hydrogen-bond acceptors (Lipinski definition) is 4. The topological polar surface area (TPSA) is 61.5 Å². The van der Waals surface area contributed by atoms with E-state index in [2.05, 4.69) is 0 Å². The fourth-order valence-electron chi connectivity index (χ4n) is 1.14. The lowest BCUT2D eigenvalue weighted by molar-refractivity contribution is 0.0505. The largest absolute Gasteiger partial charge is 0.497 e. The second-order valence-electron chi connectivity index (χ2n) is 3.13. The van der Waals surface area contributed by atoms with Gasteiger partial charge in [0.25, 0.3) is 0 Å². The molecular formula is C11H15NO3. The van der Waals surface area contributed by atoms with E-state index >= 15 is 0 Å². The lowest BCUT2D eigenvalue weighted by atomic mass is 10.2. The van der Waals surface area contributed by atoms with Gasteiger partial charge in [0.15, 0.2) is 0 Å². The molecule has 1 aromatic rings. The Morgan fingerprint density at radius 3 is 2.73 bits per heavy atom. The highest BCUT2D eigenvalue weighted by molar-refractivity contribution is 5.91. The van der Waals surface area contributed by atoms with Gasteiger partial charge in [0.1, 0.15) is 5.75 Å². The summed E-state index contributed by atoms with van der Waals surface area (Å²) in [6.07, 6.45) is 0.797. The molecule has 4 nitrogen and oxygen atoms in total. The Kier molecular flexibility index (Phi) is 3.97. The Morgan fingerprint density at radius 1 is 1.40 bits per heavy atom. The number of nitrogen functional groups attached to an aromatic ring is 1. The van der Waals surface area contributed by atoms with E-state index in [-0.39, 0.29) is 5.97 Å². The summed E-state index contributed by atoms with van der Waals surface area (Å²) < 4.78 is 9.98. The number of hydrogen-bond donors (Lipinski definition) is 1. The molecule has 0 unspecified atom stereocenters. The number of nitrogens with two attached hydrogens (primary N) is 1. The molecule has 0 aromatic heterocycles. The highest BCUT2D eigenvalue weighted by Crippen LogP contribution is 2.19. The Morgan fingerprint density at radius 2 is 2.13 bits per heavy atom. The second-order valence-corrected chi connectivity index (χ2v) is 3.13. The van der Waals surface area contributed by atoms with Gasteiger partial charge >= 0.3 is 5.97 Å². The molecule has 0 radical (unpaired) electrons. The molecule has 82 valence electrons. The van der Waals surface area contributed by atoms with Crippen molar-refractivity contribution in [2.45, 2.75) is 13.3 Å². The molecule has 0 atom stereocenters. The summed E-state index contributed by atoms with van der Waals surface area (Å²) in [6, 6.07) is 4.82. The third-order valence-electron chi connectivity index (χ3n) is 1.84. The molecule has 0 bridgehead atoms. The van der Waals surface area contributed by atoms with Crippen molar-refractivity contribution in [1.29, 1.82) is 0 Å². The van der Waals surface area contributed by atoms with Gasteiger partial charge in [-0.2, -0.15) is 0 Å². The summed E-state index contributed by atoms with van der Waals surface area (Å²) in [5, 5.41) is 0. The molecule has 15 heavy (non-hydrogen) atoms. The van der Waals surface area contributed by atoms with Gasteiger partial charge in [-0.25, -0.2) is 4.79 Å². The van der Waals surface area contributed by atoms with E-state index in [4.69, 9.17) is 15.2 Å². The van der Waals surface area contributed by atoms with E-state index < -0.39 is 0 Å². The first-order valence-electron chi connectivity index (χ1n) is 4.79. The van der Waals surface area contributed by atoms with Crippen LogP contribution in [0.15, 0.2) is 18.2 Å². The number of anilines is 1. The van der Waals surface area contributed by atoms with Crippen LogP contribution in [0, 0.1) is 0 Å². The van der Waals surface area contributed by atoms with Crippen LogP contribution in [-0.2, 0) is 4.74 Å². The van der Waals surface area contributed by atoms with Crippen molar-refractivity contribution in [1.82, 2.24) is 0 Å². The third kappa shape index (κ3) is 3.16. The number of ether oxygens (including phenoxy) is 2. The van der Waals surface area contributed by atoms with Crippen LogP contribution in [0.2, 0.25) is 0 Å². The van der Waals surface area contributed by atoms with Gasteiger partial charge in [-0.15, -0.1) is 0 Å². The van der Waals surface area contributed by atoms with Crippen LogP contribution in [0.3, 0.4) is 0 Å². The zero-order valence-corrected chi connectivity index (χ0v) is 8.95. The Balaban J connectivity index is 2.83. The molecule has 0 heterocycles. The van der Waals surface area contributed by atoms with E-state index in [1.807, 2.05) is 6.92 Å². The maximum atomic E-state index is 11.5. The average molecular weight is 209 g/mol. The van der Waals surface area contributed by atoms with Crippen LogP contribution < -0.4 is 10.5 Å². The number of methoxy groups -OCH3 is 1. The van der Waals surface area contributed by atoms with Crippen LogP contribution in [0.1, 0.15) is 23.7 Å². The molecule has 1 rings (SSSR count). The van der Waals surface area contributed by atoms with Gasteiger partial charge < -0.3 is 15.2 Å². The predicted molar refractivity (Wildman–Crippen MR) is 58.0 cm³/mol. The summed E-state index contributed by atoms with van der Waals surface area (Å²) in [5.41, 5.74) is 6.51. The molecule has 4 heteroatoms. The molecule has 0 aliphatic carbocycles. The highest BCUT2D eigenvalue weighted by atomic mass is 16.5. The summed E-state index contributed by atoms with van der Waals surface area (Å²) in [4.78, 5) is 11.5. The number of esters is 1. The van der Waals surface area contributed by atoms with E-state index in [1.165, 1.54) is 7.11 Å². The van der Waals surface area contributed by atoms with Crippen molar-refractivity contribution in [2.75, 3.05) is 19.5 Å². The maximum Gasteiger partial charge on any atom is 0.338 e. The fraction of sp³-hybridized carbons (Fsp3) is 0.364. The number of carbonyl (C=O) groups is 1. The van der Waals surface area contributed by atoms with Gasteiger partial charge in [0, 0.05) is 11.8 Å². The SMILES string of the molecule is CCCOC(=O)c1cc(N)cc(OC)c1. The average Bonchev–Trinajstić information content (AvgIpc) is 2.24. The van der Waals surface area contributed by atoms with Crippen LogP contribution in [-0.4, -0.2) is 19.7 Å². The van der Waals surface area contributed by atoms with Crippen molar-refractivity contribution in [2.24, 2.45) is 0 Å². The first-order valence-corrected chi connectivity index (χ1v) is 4.79. The molecule has 0 aliphatic rings. The summed E-state index contributed by atoms with van der Waals surface area (Å²) in [6.45, 7) is 2.35. The van der Waals surface area contributed by atoms with Gasteiger partial charge in [-0.05, 0) is 18.6 Å². The van der Waals surface area contributed by atoms with Gasteiger partial charge in [0.05, 0.1) is 19.3 Å². The lowest BCUT2D eigenvalue weighted by Crippen LogP contribution is -2.06. The monoisotopic (exact) mass is 209 g/mol. The van der Waals surface area contributed by atoms with Gasteiger partial charge in [0.2, 0.25) is 0 Å². The summed E-state index contributed by atoms with van der Waals surface area (Å²) >= 11 is 0. The predicted octanol–water partition coefficient (Wildman–Crippen LogP) is 1.84. The highest BCUT2D eigenvalue weighted by Gasteiger charge is 2.09. The van der Waals surface area contributed by atoms with E-state index in [0.717, 1.165) is 6.42 Å². The van der Waals surface area contributed by atoms with Gasteiger partial charge in [-0.1, -0.05) is 6.92 Å². The van der Waals surface area contributed by atoms with E-state index in [0.29, 0.717) is 23.6 Å².